The molecule has 1 aromatic heterocycles. The zero-order valence-corrected chi connectivity index (χ0v) is 18.4. The van der Waals surface area contributed by atoms with Crippen molar-refractivity contribution in [2.24, 2.45) is 0 Å². The SMILES string of the molecule is CC(=O)N[C@H]1COC2(CCN(Cc3nnc(-c4ccccc4)o3)CC2)C[C@]1(C)O.O=CO. The van der Waals surface area contributed by atoms with E-state index in [2.05, 4.69) is 20.4 Å². The number of amides is 1. The van der Waals surface area contributed by atoms with Crippen LogP contribution in [0.5, 0.6) is 0 Å². The van der Waals surface area contributed by atoms with Crippen LogP contribution in [0.15, 0.2) is 34.7 Å². The number of hydrogen-bond acceptors (Lipinski definition) is 8. The van der Waals surface area contributed by atoms with Gasteiger partial charge in [0.1, 0.15) is 0 Å². The maximum absolute atomic E-state index is 11.4. The minimum absolute atomic E-state index is 0.154. The van der Waals surface area contributed by atoms with Crippen molar-refractivity contribution in [1.82, 2.24) is 20.4 Å². The van der Waals surface area contributed by atoms with E-state index in [1.165, 1.54) is 6.92 Å². The largest absolute Gasteiger partial charge is 0.483 e. The molecule has 174 valence electrons. The van der Waals surface area contributed by atoms with Crippen molar-refractivity contribution >= 4 is 12.4 Å². The van der Waals surface area contributed by atoms with Gasteiger partial charge >= 0.3 is 0 Å². The summed E-state index contributed by atoms with van der Waals surface area (Å²) in [6, 6.07) is 9.36. The maximum Gasteiger partial charge on any atom is 0.290 e. The zero-order chi connectivity index (χ0) is 23.2. The molecular formula is C22H30N4O6. The third-order valence-electron chi connectivity index (χ3n) is 5.98. The molecule has 2 atom stereocenters. The number of likely N-dealkylation sites (tertiary alicyclic amines) is 1. The molecule has 10 nitrogen and oxygen atoms in total. The van der Waals surface area contributed by atoms with E-state index >= 15 is 0 Å². The summed E-state index contributed by atoms with van der Waals surface area (Å²) in [4.78, 5) is 22.0. The van der Waals surface area contributed by atoms with Crippen LogP contribution < -0.4 is 5.32 Å². The van der Waals surface area contributed by atoms with Gasteiger partial charge in [-0.1, -0.05) is 18.2 Å². The topological polar surface area (TPSA) is 138 Å². The predicted molar refractivity (Wildman–Crippen MR) is 114 cm³/mol. The van der Waals surface area contributed by atoms with E-state index in [1.54, 1.807) is 6.92 Å². The van der Waals surface area contributed by atoms with Crippen molar-refractivity contribution in [3.8, 4) is 11.5 Å². The molecule has 2 aliphatic rings. The lowest BCUT2D eigenvalue weighted by Crippen LogP contribution is -2.63. The van der Waals surface area contributed by atoms with Crippen LogP contribution in [0.1, 0.15) is 39.0 Å². The fourth-order valence-corrected chi connectivity index (χ4v) is 4.35. The van der Waals surface area contributed by atoms with Gasteiger partial charge in [0.15, 0.2) is 0 Å². The normalized spacial score (nSPS) is 24.9. The molecule has 32 heavy (non-hydrogen) atoms. The minimum Gasteiger partial charge on any atom is -0.483 e. The quantitative estimate of drug-likeness (QED) is 0.596. The molecule has 0 unspecified atom stereocenters. The van der Waals surface area contributed by atoms with Gasteiger partial charge in [0, 0.05) is 32.0 Å². The number of piperidine rings is 1. The summed E-state index contributed by atoms with van der Waals surface area (Å²) in [6.07, 6.45) is 2.14. The van der Waals surface area contributed by atoms with Gasteiger partial charge in [-0.25, -0.2) is 0 Å². The fourth-order valence-electron chi connectivity index (χ4n) is 4.35. The number of carbonyl (C=O) groups is 2. The third-order valence-corrected chi connectivity index (χ3v) is 5.98. The molecule has 4 rings (SSSR count). The number of benzene rings is 1. The highest BCUT2D eigenvalue weighted by molar-refractivity contribution is 5.73. The monoisotopic (exact) mass is 446 g/mol. The first-order chi connectivity index (χ1) is 15.3. The Bertz CT molecular complexity index is 893. The maximum atomic E-state index is 11.4. The van der Waals surface area contributed by atoms with Crippen molar-refractivity contribution in [3.63, 3.8) is 0 Å². The summed E-state index contributed by atoms with van der Waals surface area (Å²) in [5, 5.41) is 28.9. The molecule has 2 aliphatic heterocycles. The highest BCUT2D eigenvalue weighted by Gasteiger charge is 2.49. The lowest BCUT2D eigenvalue weighted by atomic mass is 9.75. The summed E-state index contributed by atoms with van der Waals surface area (Å²) in [5.74, 6) is 0.978. The molecule has 0 bridgehead atoms. The van der Waals surface area contributed by atoms with Crippen LogP contribution in [-0.4, -0.2) is 74.6 Å². The van der Waals surface area contributed by atoms with Crippen LogP contribution in [0.4, 0.5) is 0 Å². The van der Waals surface area contributed by atoms with Gasteiger partial charge in [0.2, 0.25) is 17.7 Å². The van der Waals surface area contributed by atoms with Gasteiger partial charge < -0.3 is 24.7 Å². The van der Waals surface area contributed by atoms with E-state index in [1.807, 2.05) is 30.3 Å². The van der Waals surface area contributed by atoms with E-state index in [9.17, 15) is 9.90 Å². The number of carbonyl (C=O) groups excluding carboxylic acids is 1. The van der Waals surface area contributed by atoms with Crippen LogP contribution in [0.25, 0.3) is 11.5 Å². The standard InChI is InChI=1S/C21H28N4O4.CH2O2/c1-15(26)22-17-13-28-21(14-20(17,2)27)8-10-25(11-9-21)12-18-23-24-19(29-18)16-6-4-3-5-7-16;2-1-3/h3-7,17,27H,8-14H2,1-2H3,(H,22,26);1H,(H,2,3)/t17-,20-;/m0./s1. The molecule has 1 spiro atoms. The average Bonchev–Trinajstić information content (AvgIpc) is 3.21. The second-order valence-electron chi connectivity index (χ2n) is 8.53. The Labute approximate surface area is 186 Å². The Morgan fingerprint density at radius 3 is 2.53 bits per heavy atom. The first-order valence-electron chi connectivity index (χ1n) is 10.6. The number of aromatic nitrogens is 2. The Morgan fingerprint density at radius 2 is 1.94 bits per heavy atom. The summed E-state index contributed by atoms with van der Waals surface area (Å²) in [7, 11) is 0. The molecule has 3 heterocycles. The Kier molecular flexibility index (Phi) is 7.60. The highest BCUT2D eigenvalue weighted by atomic mass is 16.5. The number of nitrogens with one attached hydrogen (secondary N) is 1. The van der Waals surface area contributed by atoms with Crippen LogP contribution in [-0.2, 0) is 20.9 Å². The summed E-state index contributed by atoms with van der Waals surface area (Å²) in [6.45, 7) is 5.57. The van der Waals surface area contributed by atoms with Gasteiger partial charge in [-0.2, -0.15) is 0 Å². The Morgan fingerprint density at radius 1 is 1.28 bits per heavy atom. The highest BCUT2D eigenvalue weighted by Crippen LogP contribution is 2.39. The first-order valence-corrected chi connectivity index (χ1v) is 10.6. The lowest BCUT2D eigenvalue weighted by Gasteiger charge is -2.51. The van der Waals surface area contributed by atoms with E-state index < -0.39 is 5.60 Å². The molecule has 10 heteroatoms. The predicted octanol–water partition coefficient (Wildman–Crippen LogP) is 1.45. The summed E-state index contributed by atoms with van der Waals surface area (Å²) < 4.78 is 12.0. The third kappa shape index (κ3) is 5.90. The number of rotatable bonds is 4. The van der Waals surface area contributed by atoms with E-state index in [4.69, 9.17) is 19.1 Å². The lowest BCUT2D eigenvalue weighted by molar-refractivity contribution is -0.189. The molecule has 0 saturated carbocycles. The summed E-state index contributed by atoms with van der Waals surface area (Å²) >= 11 is 0. The second-order valence-corrected chi connectivity index (χ2v) is 8.53. The van der Waals surface area contributed by atoms with E-state index in [0.29, 0.717) is 31.4 Å². The number of carboxylic acid groups (broad SMARTS) is 1. The van der Waals surface area contributed by atoms with Crippen molar-refractivity contribution in [1.29, 1.82) is 0 Å². The smallest absolute Gasteiger partial charge is 0.290 e. The van der Waals surface area contributed by atoms with Crippen molar-refractivity contribution in [2.45, 2.75) is 56.9 Å². The van der Waals surface area contributed by atoms with Crippen LogP contribution in [0.3, 0.4) is 0 Å². The summed E-state index contributed by atoms with van der Waals surface area (Å²) in [5.41, 5.74) is -0.419. The van der Waals surface area contributed by atoms with Gasteiger partial charge in [0.25, 0.3) is 6.47 Å². The van der Waals surface area contributed by atoms with Crippen LogP contribution >= 0.6 is 0 Å². The molecule has 0 aliphatic carbocycles. The molecule has 2 fully saturated rings. The minimum atomic E-state index is -0.983. The van der Waals surface area contributed by atoms with E-state index in [-0.39, 0.29) is 24.0 Å². The first kappa shape index (κ1) is 23.8. The number of aliphatic hydroxyl groups is 1. The Balaban J connectivity index is 0.000000913. The molecule has 3 N–H and O–H groups in total. The zero-order valence-electron chi connectivity index (χ0n) is 18.4. The van der Waals surface area contributed by atoms with Crippen molar-refractivity contribution < 1.29 is 29.0 Å². The number of nitrogens with zero attached hydrogens (tertiary/aromatic N) is 3. The van der Waals surface area contributed by atoms with Gasteiger partial charge in [-0.05, 0) is 31.9 Å². The molecule has 1 amide bonds. The van der Waals surface area contributed by atoms with Gasteiger partial charge in [-0.3, -0.25) is 14.5 Å². The molecule has 2 aromatic rings. The average molecular weight is 447 g/mol. The van der Waals surface area contributed by atoms with Crippen molar-refractivity contribution in [3.05, 3.63) is 36.2 Å². The second kappa shape index (κ2) is 10.2. The van der Waals surface area contributed by atoms with Crippen molar-refractivity contribution in [2.75, 3.05) is 19.7 Å². The van der Waals surface area contributed by atoms with E-state index in [0.717, 1.165) is 31.5 Å². The van der Waals surface area contributed by atoms with Crippen LogP contribution in [0.2, 0.25) is 0 Å². The number of hydrogen-bond donors (Lipinski definition) is 3. The molecule has 2 saturated heterocycles. The fraction of sp³-hybridized carbons (Fsp3) is 0.545. The number of ether oxygens (including phenoxy) is 1. The molecular weight excluding hydrogens is 416 g/mol. The van der Waals surface area contributed by atoms with Gasteiger partial charge in [0.05, 0.1) is 30.4 Å². The molecule has 0 radical (unpaired) electrons. The van der Waals surface area contributed by atoms with Crippen LogP contribution in [0, 0.1) is 0 Å². The molecule has 1 aromatic carbocycles. The Hall–Kier alpha value is -2.82. The van der Waals surface area contributed by atoms with Gasteiger partial charge in [-0.15, -0.1) is 10.2 Å².